The topological polar surface area (TPSA) is 74.7 Å². The third-order valence-electron chi connectivity index (χ3n) is 2.39. The first-order valence-electron chi connectivity index (χ1n) is 5.25. The number of carboxylic acid groups (broad SMARTS) is 1. The summed E-state index contributed by atoms with van der Waals surface area (Å²) in [4.78, 5) is 12.4. The summed E-state index contributed by atoms with van der Waals surface area (Å²) in [6, 6.07) is 2.13. The zero-order chi connectivity index (χ0) is 14.8. The molecule has 0 heterocycles. The molecule has 0 aliphatic carbocycles. The van der Waals surface area contributed by atoms with Crippen LogP contribution in [0.3, 0.4) is 0 Å². The summed E-state index contributed by atoms with van der Waals surface area (Å²) in [5.41, 5.74) is -0.283. The van der Waals surface area contributed by atoms with Crippen molar-refractivity contribution in [3.05, 3.63) is 27.7 Å². The van der Waals surface area contributed by atoms with Crippen molar-refractivity contribution < 1.29 is 18.3 Å². The Hall–Kier alpha value is -0.820. The molecule has 0 spiro atoms. The predicted molar refractivity (Wildman–Crippen MR) is 74.0 cm³/mol. The minimum atomic E-state index is -3.65. The predicted octanol–water partition coefficient (Wildman–Crippen LogP) is 2.03. The van der Waals surface area contributed by atoms with Gasteiger partial charge in [-0.2, -0.15) is 0 Å². The third kappa shape index (κ3) is 4.07. The van der Waals surface area contributed by atoms with E-state index in [9.17, 15) is 13.2 Å². The Labute approximate surface area is 121 Å². The lowest BCUT2D eigenvalue weighted by Crippen LogP contribution is -2.22. The normalized spacial score (nSPS) is 11.8. The van der Waals surface area contributed by atoms with Gasteiger partial charge in [0.25, 0.3) is 0 Å². The molecule has 19 heavy (non-hydrogen) atoms. The molecule has 8 heteroatoms. The van der Waals surface area contributed by atoms with Crippen LogP contribution < -0.4 is 0 Å². The van der Waals surface area contributed by atoms with E-state index in [1.165, 1.54) is 0 Å². The number of rotatable bonds is 5. The maximum absolute atomic E-state index is 12.1. The van der Waals surface area contributed by atoms with Crippen LogP contribution in [0.25, 0.3) is 0 Å². The van der Waals surface area contributed by atoms with E-state index in [2.05, 4.69) is 0 Å². The summed E-state index contributed by atoms with van der Waals surface area (Å²) in [6.07, 6.45) is 0. The molecular formula is C11H13Cl2NO4S. The Morgan fingerprint density at radius 3 is 2.32 bits per heavy atom. The van der Waals surface area contributed by atoms with Crippen LogP contribution >= 0.6 is 23.2 Å². The number of halogens is 2. The molecule has 0 saturated heterocycles. The van der Waals surface area contributed by atoms with Crippen LogP contribution in [0.1, 0.15) is 10.4 Å². The zero-order valence-electron chi connectivity index (χ0n) is 10.4. The monoisotopic (exact) mass is 325 g/mol. The number of carboxylic acids is 1. The van der Waals surface area contributed by atoms with Gasteiger partial charge in [0.2, 0.25) is 0 Å². The quantitative estimate of drug-likeness (QED) is 0.896. The number of hydrogen-bond donors (Lipinski definition) is 1. The molecule has 0 aromatic heterocycles. The maximum Gasteiger partial charge on any atom is 0.337 e. The molecule has 0 atom stereocenters. The minimum absolute atomic E-state index is 0.0752. The second kappa shape index (κ2) is 6.09. The number of benzene rings is 1. The molecule has 1 aromatic carbocycles. The summed E-state index contributed by atoms with van der Waals surface area (Å²) < 4.78 is 24.2. The molecule has 0 radical (unpaired) electrons. The fraction of sp³-hybridized carbons (Fsp3) is 0.364. The average Bonchev–Trinajstić information content (AvgIpc) is 2.25. The van der Waals surface area contributed by atoms with E-state index in [4.69, 9.17) is 28.3 Å². The van der Waals surface area contributed by atoms with Gasteiger partial charge in [-0.25, -0.2) is 13.2 Å². The van der Waals surface area contributed by atoms with Gasteiger partial charge in [0.1, 0.15) is 0 Å². The first-order valence-corrected chi connectivity index (χ1v) is 7.66. The summed E-state index contributed by atoms with van der Waals surface area (Å²) in [5.74, 6) is -1.45. The highest BCUT2D eigenvalue weighted by Gasteiger charge is 2.22. The van der Waals surface area contributed by atoms with Crippen molar-refractivity contribution in [3.63, 3.8) is 0 Å². The van der Waals surface area contributed by atoms with Crippen LogP contribution in [0, 0.1) is 0 Å². The average molecular weight is 326 g/mol. The summed E-state index contributed by atoms with van der Waals surface area (Å²) >= 11 is 11.5. The van der Waals surface area contributed by atoms with E-state index < -0.39 is 15.8 Å². The highest BCUT2D eigenvalue weighted by molar-refractivity contribution is 7.91. The molecule has 1 rings (SSSR count). The van der Waals surface area contributed by atoms with Crippen LogP contribution in [0.15, 0.2) is 17.0 Å². The van der Waals surface area contributed by atoms with Gasteiger partial charge in [0, 0.05) is 6.54 Å². The maximum atomic E-state index is 12.1. The van der Waals surface area contributed by atoms with Gasteiger partial charge in [-0.1, -0.05) is 23.2 Å². The first kappa shape index (κ1) is 16.2. The molecule has 0 unspecified atom stereocenters. The van der Waals surface area contributed by atoms with Crippen LogP contribution in [0.4, 0.5) is 0 Å². The van der Waals surface area contributed by atoms with Crippen molar-refractivity contribution in [2.24, 2.45) is 0 Å². The molecule has 0 amide bonds. The Balaban J connectivity index is 3.27. The Morgan fingerprint density at radius 2 is 1.84 bits per heavy atom. The molecule has 0 bridgehead atoms. The standard InChI is InChI=1S/C11H13Cl2NO4S/c1-14(2)3-4-19(17,18)10-5-7(11(15)16)8(12)6-9(10)13/h5-6H,3-4H2,1-2H3,(H,15,16). The van der Waals surface area contributed by atoms with Crippen LogP contribution in [0.2, 0.25) is 10.0 Å². The highest BCUT2D eigenvalue weighted by atomic mass is 35.5. The molecule has 0 fully saturated rings. The smallest absolute Gasteiger partial charge is 0.337 e. The number of aromatic carboxylic acids is 1. The van der Waals surface area contributed by atoms with Gasteiger partial charge >= 0.3 is 5.97 Å². The Bertz CT molecular complexity index is 599. The van der Waals surface area contributed by atoms with E-state index in [1.807, 2.05) is 0 Å². The van der Waals surface area contributed by atoms with Gasteiger partial charge in [-0.15, -0.1) is 0 Å². The van der Waals surface area contributed by atoms with Gasteiger partial charge in [-0.3, -0.25) is 0 Å². The van der Waals surface area contributed by atoms with E-state index >= 15 is 0 Å². The number of hydrogen-bond acceptors (Lipinski definition) is 4. The van der Waals surface area contributed by atoms with Crippen molar-refractivity contribution in [2.75, 3.05) is 26.4 Å². The third-order valence-corrected chi connectivity index (χ3v) is 4.86. The molecule has 0 aliphatic rings. The molecule has 0 aliphatic heterocycles. The number of sulfone groups is 1. The van der Waals surface area contributed by atoms with Gasteiger partial charge in [-0.05, 0) is 26.2 Å². The molecule has 5 nitrogen and oxygen atoms in total. The fourth-order valence-electron chi connectivity index (χ4n) is 1.34. The molecule has 1 aromatic rings. The number of nitrogens with zero attached hydrogens (tertiary/aromatic N) is 1. The van der Waals surface area contributed by atoms with Crippen molar-refractivity contribution in [2.45, 2.75) is 4.90 Å². The minimum Gasteiger partial charge on any atom is -0.478 e. The fourth-order valence-corrected chi connectivity index (χ4v) is 3.64. The van der Waals surface area contributed by atoms with Gasteiger partial charge in [0.15, 0.2) is 9.84 Å². The van der Waals surface area contributed by atoms with Crippen LogP contribution in [-0.4, -0.2) is 50.8 Å². The van der Waals surface area contributed by atoms with E-state index in [1.54, 1.807) is 19.0 Å². The van der Waals surface area contributed by atoms with Crippen molar-refractivity contribution in [3.8, 4) is 0 Å². The van der Waals surface area contributed by atoms with E-state index in [0.717, 1.165) is 12.1 Å². The van der Waals surface area contributed by atoms with E-state index in [0.29, 0.717) is 6.54 Å². The van der Waals surface area contributed by atoms with Crippen molar-refractivity contribution >= 4 is 39.0 Å². The summed E-state index contributed by atoms with van der Waals surface area (Å²) in [5, 5.41) is 8.77. The molecule has 1 N–H and O–H groups in total. The molecule has 106 valence electrons. The lowest BCUT2D eigenvalue weighted by atomic mass is 10.2. The lowest BCUT2D eigenvalue weighted by molar-refractivity contribution is 0.0697. The second-order valence-electron chi connectivity index (χ2n) is 4.19. The molecule has 0 saturated carbocycles. The lowest BCUT2D eigenvalue weighted by Gasteiger charge is -2.12. The first-order chi connectivity index (χ1) is 8.65. The van der Waals surface area contributed by atoms with Crippen LogP contribution in [0.5, 0.6) is 0 Å². The van der Waals surface area contributed by atoms with Crippen molar-refractivity contribution in [1.29, 1.82) is 0 Å². The summed E-state index contributed by atoms with van der Waals surface area (Å²) in [7, 11) is -0.179. The zero-order valence-corrected chi connectivity index (χ0v) is 12.7. The van der Waals surface area contributed by atoms with E-state index in [-0.39, 0.29) is 26.3 Å². The van der Waals surface area contributed by atoms with Crippen LogP contribution in [-0.2, 0) is 9.84 Å². The Morgan fingerprint density at radius 1 is 1.26 bits per heavy atom. The van der Waals surface area contributed by atoms with Gasteiger partial charge in [0.05, 0.1) is 26.3 Å². The molecular weight excluding hydrogens is 313 g/mol. The largest absolute Gasteiger partial charge is 0.478 e. The summed E-state index contributed by atoms with van der Waals surface area (Å²) in [6.45, 7) is 0.309. The number of carbonyl (C=O) groups is 1. The highest BCUT2D eigenvalue weighted by Crippen LogP contribution is 2.29. The van der Waals surface area contributed by atoms with Crippen molar-refractivity contribution in [1.82, 2.24) is 4.90 Å². The van der Waals surface area contributed by atoms with Gasteiger partial charge < -0.3 is 10.0 Å². The second-order valence-corrected chi connectivity index (χ2v) is 7.08. The Kier molecular flexibility index (Phi) is 5.20. The SMILES string of the molecule is CN(C)CCS(=O)(=O)c1cc(C(=O)O)c(Cl)cc1Cl.